The van der Waals surface area contributed by atoms with Crippen molar-refractivity contribution in [3.63, 3.8) is 0 Å². The van der Waals surface area contributed by atoms with Crippen molar-refractivity contribution in [3.8, 4) is 5.69 Å². The van der Waals surface area contributed by atoms with Gasteiger partial charge in [0.25, 0.3) is 11.8 Å². The summed E-state index contributed by atoms with van der Waals surface area (Å²) >= 11 is 0. The molecule has 2 atom stereocenters. The average molecular weight is 499 g/mol. The molecule has 1 aromatic heterocycles. The van der Waals surface area contributed by atoms with E-state index in [4.69, 9.17) is 0 Å². The Hall–Kier alpha value is -4.34. The second-order valence-electron chi connectivity index (χ2n) is 9.76. The minimum absolute atomic E-state index is 0.0943. The molecule has 10 nitrogen and oxygen atoms in total. The summed E-state index contributed by atoms with van der Waals surface area (Å²) in [5.41, 5.74) is 4.63. The van der Waals surface area contributed by atoms with Gasteiger partial charge in [-0.2, -0.15) is 0 Å². The number of hydrogen-bond acceptors (Lipinski definition) is 6. The zero-order valence-corrected chi connectivity index (χ0v) is 20.4. The predicted molar refractivity (Wildman–Crippen MR) is 132 cm³/mol. The van der Waals surface area contributed by atoms with Crippen LogP contribution in [0.5, 0.6) is 0 Å². The van der Waals surface area contributed by atoms with Crippen molar-refractivity contribution in [2.45, 2.75) is 57.8 Å². The highest BCUT2D eigenvalue weighted by molar-refractivity contribution is 6.05. The van der Waals surface area contributed by atoms with Gasteiger partial charge in [-0.3, -0.25) is 24.5 Å². The van der Waals surface area contributed by atoms with Gasteiger partial charge in [-0.05, 0) is 54.2 Å². The predicted octanol–water partition coefficient (Wildman–Crippen LogP) is 2.01. The summed E-state index contributed by atoms with van der Waals surface area (Å²) in [6, 6.07) is 12.9. The number of piperidine rings is 1. The topological polar surface area (TPSA) is 118 Å². The van der Waals surface area contributed by atoms with Crippen LogP contribution in [0.2, 0.25) is 0 Å². The molecule has 188 valence electrons. The molecule has 6 rings (SSSR count). The number of fused-ring (bicyclic) bond motifs is 2. The fourth-order valence-corrected chi connectivity index (χ4v) is 5.53. The van der Waals surface area contributed by atoms with Gasteiger partial charge in [-0.15, -0.1) is 5.10 Å². The summed E-state index contributed by atoms with van der Waals surface area (Å²) in [4.78, 5) is 53.6. The Morgan fingerprint density at radius 1 is 1.05 bits per heavy atom. The number of benzene rings is 2. The Labute approximate surface area is 213 Å². The van der Waals surface area contributed by atoms with E-state index in [1.165, 1.54) is 15.1 Å². The molecule has 2 aromatic carbocycles. The minimum atomic E-state index is -0.669. The smallest absolute Gasteiger partial charge is 0.276 e. The summed E-state index contributed by atoms with van der Waals surface area (Å²) in [6.45, 7) is 2.89. The number of aromatic nitrogens is 3. The van der Waals surface area contributed by atoms with E-state index in [-0.39, 0.29) is 42.4 Å². The van der Waals surface area contributed by atoms with E-state index in [0.29, 0.717) is 24.2 Å². The van der Waals surface area contributed by atoms with Crippen LogP contribution in [0.1, 0.15) is 63.7 Å². The number of rotatable bonds is 4. The van der Waals surface area contributed by atoms with Crippen molar-refractivity contribution in [1.82, 2.24) is 30.1 Å². The van der Waals surface area contributed by atoms with Gasteiger partial charge in [0.2, 0.25) is 11.8 Å². The van der Waals surface area contributed by atoms with E-state index >= 15 is 0 Å². The van der Waals surface area contributed by atoms with Crippen LogP contribution in [0.4, 0.5) is 0 Å². The summed E-state index contributed by atoms with van der Waals surface area (Å²) in [7, 11) is 0. The quantitative estimate of drug-likeness (QED) is 0.550. The molecule has 0 bridgehead atoms. The maximum Gasteiger partial charge on any atom is 0.276 e. The van der Waals surface area contributed by atoms with Gasteiger partial charge in [0.05, 0.1) is 11.9 Å². The van der Waals surface area contributed by atoms with Crippen molar-refractivity contribution >= 4 is 23.6 Å². The fraction of sp³-hybridized carbons (Fsp3) is 0.333. The van der Waals surface area contributed by atoms with E-state index < -0.39 is 11.9 Å². The van der Waals surface area contributed by atoms with Crippen molar-refractivity contribution in [2.24, 2.45) is 0 Å². The molecule has 3 aromatic rings. The zero-order chi connectivity index (χ0) is 25.7. The van der Waals surface area contributed by atoms with Gasteiger partial charge in [-0.25, -0.2) is 4.68 Å². The number of amides is 4. The van der Waals surface area contributed by atoms with Crippen LogP contribution in [-0.4, -0.2) is 60.5 Å². The number of nitrogens with zero attached hydrogens (tertiary/aromatic N) is 5. The molecule has 0 aliphatic carbocycles. The second kappa shape index (κ2) is 8.95. The van der Waals surface area contributed by atoms with Gasteiger partial charge in [0, 0.05) is 31.1 Å². The number of carbonyl (C=O) groups excluding carboxylic acids is 4. The number of nitrogens with one attached hydrogen (secondary N) is 1. The summed E-state index contributed by atoms with van der Waals surface area (Å²) in [6.07, 6.45) is 3.79. The minimum Gasteiger partial charge on any atom is -0.330 e. The highest BCUT2D eigenvalue weighted by Crippen LogP contribution is 2.30. The van der Waals surface area contributed by atoms with Gasteiger partial charge >= 0.3 is 0 Å². The Balaban J connectivity index is 1.22. The third-order valence-electron chi connectivity index (χ3n) is 7.57. The fourth-order valence-electron chi connectivity index (χ4n) is 5.53. The first kappa shape index (κ1) is 23.1. The lowest BCUT2D eigenvalue weighted by molar-refractivity contribution is -0.136. The van der Waals surface area contributed by atoms with E-state index in [1.807, 2.05) is 23.1 Å². The lowest BCUT2D eigenvalue weighted by Gasteiger charge is -2.36. The second-order valence-corrected chi connectivity index (χ2v) is 9.76. The first-order valence-electron chi connectivity index (χ1n) is 12.5. The number of imide groups is 1. The van der Waals surface area contributed by atoms with Crippen LogP contribution in [-0.2, 0) is 29.1 Å². The molecule has 1 saturated heterocycles. The van der Waals surface area contributed by atoms with E-state index in [1.54, 1.807) is 18.3 Å². The van der Waals surface area contributed by atoms with Crippen molar-refractivity contribution < 1.29 is 19.2 Å². The molecule has 3 aliphatic heterocycles. The van der Waals surface area contributed by atoms with E-state index in [9.17, 15) is 19.2 Å². The number of hydrogen-bond donors (Lipinski definition) is 1. The average Bonchev–Trinajstić information content (AvgIpc) is 3.52. The van der Waals surface area contributed by atoms with E-state index in [2.05, 4.69) is 34.7 Å². The molecule has 4 amide bonds. The normalized spacial score (nSPS) is 21.1. The lowest BCUT2D eigenvalue weighted by atomic mass is 9.92. The van der Waals surface area contributed by atoms with Gasteiger partial charge in [0.15, 0.2) is 5.69 Å². The molecule has 10 heteroatoms. The monoisotopic (exact) mass is 498 g/mol. The Morgan fingerprint density at radius 2 is 1.86 bits per heavy atom. The van der Waals surface area contributed by atoms with Gasteiger partial charge in [-0.1, -0.05) is 36.4 Å². The van der Waals surface area contributed by atoms with Crippen LogP contribution in [0.3, 0.4) is 0 Å². The molecule has 4 heterocycles. The molecule has 1 fully saturated rings. The van der Waals surface area contributed by atoms with Crippen LogP contribution >= 0.6 is 0 Å². The van der Waals surface area contributed by atoms with Crippen LogP contribution in [0.25, 0.3) is 5.69 Å². The standard InChI is InChI=1S/C27H26N6O4/c1-2-19-11-16-5-3-4-6-17(16)13-31(19)27(37)22-15-33(30-29-22)20-7-8-21-18(12-20)14-32(26(21)36)23-9-10-24(34)28-25(23)35/h3-8,12,15,19,23H,2,9-11,13-14H2,1H3,(H,28,34,35). The molecular weight excluding hydrogens is 472 g/mol. The summed E-state index contributed by atoms with van der Waals surface area (Å²) in [5.74, 6) is -1.15. The molecular formula is C27H26N6O4. The van der Waals surface area contributed by atoms with Crippen molar-refractivity contribution in [1.29, 1.82) is 0 Å². The SMILES string of the molecule is CCC1Cc2ccccc2CN1C(=O)c1cn(-c2ccc3c(c2)CN(C2CCC(=O)NC2=O)C3=O)nn1. The lowest BCUT2D eigenvalue weighted by Crippen LogP contribution is -2.52. The molecule has 0 spiro atoms. The molecule has 2 unspecified atom stereocenters. The summed E-state index contributed by atoms with van der Waals surface area (Å²) < 4.78 is 1.53. The molecule has 3 aliphatic rings. The highest BCUT2D eigenvalue weighted by atomic mass is 16.2. The maximum absolute atomic E-state index is 13.4. The Morgan fingerprint density at radius 3 is 2.65 bits per heavy atom. The summed E-state index contributed by atoms with van der Waals surface area (Å²) in [5, 5.41) is 10.7. The molecule has 37 heavy (non-hydrogen) atoms. The Bertz CT molecular complexity index is 1450. The van der Waals surface area contributed by atoms with Gasteiger partial charge < -0.3 is 9.80 Å². The molecule has 0 radical (unpaired) electrons. The molecule has 0 saturated carbocycles. The van der Waals surface area contributed by atoms with Crippen LogP contribution < -0.4 is 5.32 Å². The van der Waals surface area contributed by atoms with Crippen molar-refractivity contribution in [3.05, 3.63) is 76.6 Å². The maximum atomic E-state index is 13.4. The first-order chi connectivity index (χ1) is 17.9. The largest absolute Gasteiger partial charge is 0.330 e. The van der Waals surface area contributed by atoms with Crippen molar-refractivity contribution in [2.75, 3.05) is 0 Å². The van der Waals surface area contributed by atoms with Gasteiger partial charge in [0.1, 0.15) is 6.04 Å². The van der Waals surface area contributed by atoms with Crippen LogP contribution in [0.15, 0.2) is 48.7 Å². The third kappa shape index (κ3) is 3.98. The van der Waals surface area contributed by atoms with E-state index in [0.717, 1.165) is 24.0 Å². The first-order valence-corrected chi connectivity index (χ1v) is 12.5. The van der Waals surface area contributed by atoms with Crippen LogP contribution in [0, 0.1) is 0 Å². The highest BCUT2D eigenvalue weighted by Gasteiger charge is 2.39. The third-order valence-corrected chi connectivity index (χ3v) is 7.57. The zero-order valence-electron chi connectivity index (χ0n) is 20.4. The number of carbonyl (C=O) groups is 4. The Kier molecular flexibility index (Phi) is 5.58. The molecule has 1 N–H and O–H groups in total.